The van der Waals surface area contributed by atoms with Crippen molar-refractivity contribution >= 4 is 12.1 Å². The molecule has 8 heteroatoms. The minimum Gasteiger partial charge on any atom is -0.478 e. The van der Waals surface area contributed by atoms with E-state index in [-0.39, 0.29) is 41.4 Å². The molecule has 1 aromatic rings. The van der Waals surface area contributed by atoms with Crippen molar-refractivity contribution in [3.8, 4) is 0 Å². The van der Waals surface area contributed by atoms with Crippen LogP contribution in [-0.2, 0) is 25.5 Å². The van der Waals surface area contributed by atoms with Gasteiger partial charge in [-0.25, -0.2) is 9.59 Å². The number of hydrogen-bond donors (Lipinski definition) is 2. The van der Waals surface area contributed by atoms with Crippen LogP contribution in [0, 0.1) is 5.92 Å². The van der Waals surface area contributed by atoms with Crippen LogP contribution in [0.3, 0.4) is 0 Å². The van der Waals surface area contributed by atoms with Crippen LogP contribution in [0.25, 0.3) is 0 Å². The third-order valence-corrected chi connectivity index (χ3v) is 7.13. The van der Waals surface area contributed by atoms with Crippen LogP contribution in [0.1, 0.15) is 56.0 Å². The monoisotopic (exact) mass is 459 g/mol. The van der Waals surface area contributed by atoms with E-state index in [4.69, 9.17) is 24.1 Å². The molecule has 2 aliphatic heterocycles. The summed E-state index contributed by atoms with van der Waals surface area (Å²) in [7, 11) is 1.65. The molecule has 1 spiro atoms. The molecular formula is C25H33NO7. The molecule has 3 fully saturated rings. The van der Waals surface area contributed by atoms with Crippen LogP contribution in [0.2, 0.25) is 0 Å². The third kappa shape index (κ3) is 4.93. The van der Waals surface area contributed by atoms with E-state index < -0.39 is 18.2 Å². The number of epoxide rings is 2. The Balaban J connectivity index is 1.38. The molecular weight excluding hydrogens is 426 g/mol. The number of benzene rings is 1. The number of carbonyl (C=O) groups is 2. The van der Waals surface area contributed by atoms with Crippen molar-refractivity contribution in [2.24, 2.45) is 5.92 Å². The molecule has 0 radical (unpaired) electrons. The Morgan fingerprint density at radius 2 is 1.97 bits per heavy atom. The predicted octanol–water partition coefficient (Wildman–Crippen LogP) is 3.69. The molecule has 3 aliphatic rings. The number of allylic oxidation sites excluding steroid dienone is 1. The first kappa shape index (κ1) is 23.7. The standard InChI is InChI=1S/C25H33NO7/c1-15(2)5-10-19-24(3,33-19)21-20(30-4)18(11-12-25(21)14-31-25)32-23(29)26-13-16-6-8-17(9-7-16)22(27)28/h5-9,18-21H,10-14H2,1-4H3,(H,26,29)(H,27,28)/t18-,19-,20-,21+,24+,25+/m1/s1. The van der Waals surface area contributed by atoms with Gasteiger partial charge < -0.3 is 29.4 Å². The summed E-state index contributed by atoms with van der Waals surface area (Å²) in [5.74, 6) is -1.01. The highest BCUT2D eigenvalue weighted by atomic mass is 16.6. The van der Waals surface area contributed by atoms with Crippen LogP contribution in [0.4, 0.5) is 4.79 Å². The number of rotatable bonds is 8. The lowest BCUT2D eigenvalue weighted by Gasteiger charge is -2.42. The van der Waals surface area contributed by atoms with E-state index in [9.17, 15) is 9.59 Å². The van der Waals surface area contributed by atoms with Gasteiger partial charge in [-0.15, -0.1) is 0 Å². The lowest BCUT2D eigenvalue weighted by Crippen LogP contribution is -2.56. The Morgan fingerprint density at radius 3 is 2.55 bits per heavy atom. The van der Waals surface area contributed by atoms with E-state index in [0.29, 0.717) is 13.0 Å². The minimum atomic E-state index is -0.986. The predicted molar refractivity (Wildman–Crippen MR) is 120 cm³/mol. The Labute approximate surface area is 194 Å². The highest BCUT2D eigenvalue weighted by Gasteiger charge is 2.72. The fourth-order valence-electron chi connectivity index (χ4n) is 5.19. The molecule has 2 heterocycles. The highest BCUT2D eigenvalue weighted by Crippen LogP contribution is 2.59. The molecule has 33 heavy (non-hydrogen) atoms. The van der Waals surface area contributed by atoms with Gasteiger partial charge in [0.1, 0.15) is 23.4 Å². The van der Waals surface area contributed by atoms with Gasteiger partial charge in [-0.3, -0.25) is 0 Å². The van der Waals surface area contributed by atoms with E-state index in [1.807, 2.05) is 0 Å². The number of carboxylic acids is 1. The average molecular weight is 460 g/mol. The number of methoxy groups -OCH3 is 1. The molecule has 1 aliphatic carbocycles. The zero-order valence-corrected chi connectivity index (χ0v) is 19.6. The first-order chi connectivity index (χ1) is 15.7. The van der Waals surface area contributed by atoms with Crippen LogP contribution in [-0.4, -0.2) is 60.4 Å². The number of nitrogens with one attached hydrogen (secondary N) is 1. The third-order valence-electron chi connectivity index (χ3n) is 7.13. The van der Waals surface area contributed by atoms with Gasteiger partial charge in [0.2, 0.25) is 0 Å². The Kier molecular flexibility index (Phi) is 6.53. The number of carboxylic acid groups (broad SMARTS) is 1. The maximum Gasteiger partial charge on any atom is 0.407 e. The normalized spacial score (nSPS) is 34.4. The van der Waals surface area contributed by atoms with Gasteiger partial charge in [-0.1, -0.05) is 23.8 Å². The number of hydrogen-bond acceptors (Lipinski definition) is 6. The topological polar surface area (TPSA) is 110 Å². The largest absolute Gasteiger partial charge is 0.478 e. The van der Waals surface area contributed by atoms with E-state index in [1.54, 1.807) is 19.2 Å². The fraction of sp³-hybridized carbons (Fsp3) is 0.600. The van der Waals surface area contributed by atoms with Crippen LogP contribution in [0.15, 0.2) is 35.9 Å². The van der Waals surface area contributed by atoms with Crippen molar-refractivity contribution in [1.82, 2.24) is 5.32 Å². The second kappa shape index (κ2) is 9.08. The molecule has 6 atom stereocenters. The van der Waals surface area contributed by atoms with Crippen molar-refractivity contribution in [2.45, 2.75) is 76.1 Å². The molecule has 0 unspecified atom stereocenters. The summed E-state index contributed by atoms with van der Waals surface area (Å²) in [6.45, 7) is 7.18. The van der Waals surface area contributed by atoms with Crippen molar-refractivity contribution in [3.05, 3.63) is 47.0 Å². The minimum absolute atomic E-state index is 0.0272. The number of amides is 1. The van der Waals surface area contributed by atoms with E-state index in [0.717, 1.165) is 18.4 Å². The van der Waals surface area contributed by atoms with Gasteiger partial charge in [-0.2, -0.15) is 0 Å². The molecule has 2 saturated heterocycles. The van der Waals surface area contributed by atoms with Gasteiger partial charge in [0.25, 0.3) is 0 Å². The molecule has 8 nitrogen and oxygen atoms in total. The maximum absolute atomic E-state index is 12.6. The molecule has 4 rings (SSSR count). The molecule has 2 N–H and O–H groups in total. The van der Waals surface area contributed by atoms with Crippen molar-refractivity contribution < 1.29 is 33.6 Å². The number of aromatic carboxylic acids is 1. The zero-order valence-electron chi connectivity index (χ0n) is 19.6. The van der Waals surface area contributed by atoms with Crippen LogP contribution in [0.5, 0.6) is 0 Å². The summed E-state index contributed by atoms with van der Waals surface area (Å²) in [5.41, 5.74) is 1.60. The van der Waals surface area contributed by atoms with E-state index in [1.165, 1.54) is 17.7 Å². The SMILES string of the molecule is CO[C@H]1[C@@H]([C@@]2(C)O[C@@H]2CC=C(C)C)[C@]2(CC[C@H]1OC(=O)NCc1ccc(C(=O)O)cc1)CO2. The van der Waals surface area contributed by atoms with Crippen molar-refractivity contribution in [1.29, 1.82) is 0 Å². The maximum atomic E-state index is 12.6. The lowest BCUT2D eigenvalue weighted by molar-refractivity contribution is -0.118. The second-order valence-electron chi connectivity index (χ2n) is 9.68. The fourth-order valence-corrected chi connectivity index (χ4v) is 5.19. The molecule has 1 aromatic carbocycles. The number of alkyl carbamates (subject to hydrolysis) is 1. The number of carbonyl (C=O) groups excluding carboxylic acids is 1. The number of ether oxygens (including phenoxy) is 4. The van der Waals surface area contributed by atoms with Gasteiger partial charge in [0, 0.05) is 13.7 Å². The first-order valence-corrected chi connectivity index (χ1v) is 11.4. The lowest BCUT2D eigenvalue weighted by atomic mass is 9.68. The summed E-state index contributed by atoms with van der Waals surface area (Å²) in [6.07, 6.45) is 3.30. The molecule has 180 valence electrons. The summed E-state index contributed by atoms with van der Waals surface area (Å²) >= 11 is 0. The molecule has 1 saturated carbocycles. The van der Waals surface area contributed by atoms with Crippen LogP contribution >= 0.6 is 0 Å². The highest BCUT2D eigenvalue weighted by molar-refractivity contribution is 5.87. The molecule has 1 amide bonds. The Bertz CT molecular complexity index is 919. The van der Waals surface area contributed by atoms with Crippen molar-refractivity contribution in [2.75, 3.05) is 13.7 Å². The van der Waals surface area contributed by atoms with E-state index >= 15 is 0 Å². The zero-order chi connectivity index (χ0) is 23.8. The van der Waals surface area contributed by atoms with Gasteiger partial charge in [0.05, 0.1) is 24.2 Å². The van der Waals surface area contributed by atoms with Gasteiger partial charge in [-0.05, 0) is 57.7 Å². The summed E-state index contributed by atoms with van der Waals surface area (Å²) in [5, 5.41) is 11.7. The summed E-state index contributed by atoms with van der Waals surface area (Å²) < 4.78 is 23.8. The average Bonchev–Trinajstić information content (AvgIpc) is 3.69. The van der Waals surface area contributed by atoms with Crippen molar-refractivity contribution in [3.63, 3.8) is 0 Å². The Hall–Kier alpha value is -2.42. The molecule has 0 aromatic heterocycles. The Morgan fingerprint density at radius 1 is 1.27 bits per heavy atom. The first-order valence-electron chi connectivity index (χ1n) is 11.4. The smallest absolute Gasteiger partial charge is 0.407 e. The summed E-state index contributed by atoms with van der Waals surface area (Å²) in [4.78, 5) is 23.5. The second-order valence-corrected chi connectivity index (χ2v) is 9.68. The summed E-state index contributed by atoms with van der Waals surface area (Å²) in [6, 6.07) is 6.36. The van der Waals surface area contributed by atoms with Gasteiger partial charge in [0.15, 0.2) is 0 Å². The van der Waals surface area contributed by atoms with Crippen LogP contribution < -0.4 is 5.32 Å². The van der Waals surface area contributed by atoms with E-state index in [2.05, 4.69) is 32.2 Å². The molecule has 0 bridgehead atoms. The quantitative estimate of drug-likeness (QED) is 0.451. The van der Waals surface area contributed by atoms with Gasteiger partial charge >= 0.3 is 12.1 Å².